The molecular weight excluding hydrogens is 422 g/mol. The van der Waals surface area contributed by atoms with Gasteiger partial charge >= 0.3 is 0 Å². The second kappa shape index (κ2) is 10.6. The molecule has 0 aliphatic carbocycles. The molecule has 0 radical (unpaired) electrons. The van der Waals surface area contributed by atoms with Crippen molar-refractivity contribution in [3.8, 4) is 5.75 Å². The molecule has 8 nitrogen and oxygen atoms in total. The number of Topliss-reactive ketones (excluding diaryl/α,β-unsaturated/α-hetero) is 1. The fourth-order valence-corrected chi connectivity index (χ4v) is 4.15. The number of hydrogen-bond donors (Lipinski definition) is 1. The summed E-state index contributed by atoms with van der Waals surface area (Å²) in [6, 6.07) is 9.77. The fourth-order valence-electron chi connectivity index (χ4n) is 4.15. The van der Waals surface area contributed by atoms with E-state index in [0.29, 0.717) is 49.8 Å². The average Bonchev–Trinajstić information content (AvgIpc) is 3.12. The van der Waals surface area contributed by atoms with E-state index in [-0.39, 0.29) is 11.3 Å². The van der Waals surface area contributed by atoms with E-state index in [1.807, 2.05) is 13.0 Å². The second-order valence-corrected chi connectivity index (χ2v) is 8.11. The zero-order chi connectivity index (χ0) is 23.2. The standard InChI is InChI=1S/C25H29N3O5/c1-2-14-33-20-7-5-18(6-8-20)23(29)21-22(19-4-3-9-26-17-19)28(25(31)24(21)30)11-10-27-12-15-32-16-13-27/h3-9,17,22,29H,2,10-16H2,1H3/t22-/m0/s1. The van der Waals surface area contributed by atoms with Gasteiger partial charge in [-0.15, -0.1) is 0 Å². The van der Waals surface area contributed by atoms with Crippen LogP contribution in [0.25, 0.3) is 5.76 Å². The van der Waals surface area contributed by atoms with Gasteiger partial charge in [0.05, 0.1) is 31.4 Å². The smallest absolute Gasteiger partial charge is 0.295 e. The van der Waals surface area contributed by atoms with E-state index < -0.39 is 17.7 Å². The third-order valence-electron chi connectivity index (χ3n) is 5.90. The first-order valence-corrected chi connectivity index (χ1v) is 11.3. The first-order valence-electron chi connectivity index (χ1n) is 11.3. The number of rotatable bonds is 8. The quantitative estimate of drug-likeness (QED) is 0.375. The molecule has 1 amide bonds. The van der Waals surface area contributed by atoms with Gasteiger partial charge in [-0.1, -0.05) is 13.0 Å². The van der Waals surface area contributed by atoms with E-state index in [2.05, 4.69) is 9.88 Å². The van der Waals surface area contributed by atoms with Crippen molar-refractivity contribution in [1.29, 1.82) is 0 Å². The lowest BCUT2D eigenvalue weighted by atomic mass is 9.96. The monoisotopic (exact) mass is 451 g/mol. The Hall–Kier alpha value is -3.23. The molecule has 1 aromatic carbocycles. The highest BCUT2D eigenvalue weighted by molar-refractivity contribution is 6.46. The zero-order valence-corrected chi connectivity index (χ0v) is 18.8. The third kappa shape index (κ3) is 5.07. The number of pyridine rings is 1. The van der Waals surface area contributed by atoms with Crippen LogP contribution in [0, 0.1) is 0 Å². The van der Waals surface area contributed by atoms with E-state index in [0.717, 1.165) is 19.5 Å². The first-order chi connectivity index (χ1) is 16.1. The summed E-state index contributed by atoms with van der Waals surface area (Å²) in [5.41, 5.74) is 1.22. The summed E-state index contributed by atoms with van der Waals surface area (Å²) in [4.78, 5) is 34.0. The second-order valence-electron chi connectivity index (χ2n) is 8.11. The molecule has 2 aliphatic rings. The van der Waals surface area contributed by atoms with Crippen LogP contribution < -0.4 is 4.74 Å². The van der Waals surface area contributed by atoms with E-state index in [9.17, 15) is 14.7 Å². The largest absolute Gasteiger partial charge is 0.507 e. The number of hydrogen-bond acceptors (Lipinski definition) is 7. The number of aliphatic hydroxyl groups is 1. The number of aromatic nitrogens is 1. The van der Waals surface area contributed by atoms with Crippen LogP contribution in [0.15, 0.2) is 54.4 Å². The van der Waals surface area contributed by atoms with Crippen LogP contribution >= 0.6 is 0 Å². The molecule has 8 heteroatoms. The lowest BCUT2D eigenvalue weighted by Gasteiger charge is -2.30. The number of aliphatic hydroxyl groups excluding tert-OH is 1. The molecule has 0 bridgehead atoms. The molecule has 174 valence electrons. The number of nitrogens with zero attached hydrogens (tertiary/aromatic N) is 3. The molecule has 2 aliphatic heterocycles. The Morgan fingerprint density at radius 1 is 1.15 bits per heavy atom. The minimum Gasteiger partial charge on any atom is -0.507 e. The van der Waals surface area contributed by atoms with Gasteiger partial charge in [-0.3, -0.25) is 19.5 Å². The first kappa shape index (κ1) is 22.9. The van der Waals surface area contributed by atoms with E-state index in [1.54, 1.807) is 47.6 Å². The molecule has 1 atom stereocenters. The molecule has 2 aromatic rings. The molecule has 2 saturated heterocycles. The number of carbonyl (C=O) groups is 2. The highest BCUT2D eigenvalue weighted by Crippen LogP contribution is 2.39. The van der Waals surface area contributed by atoms with Crippen LogP contribution in [0.2, 0.25) is 0 Å². The Morgan fingerprint density at radius 2 is 1.91 bits per heavy atom. The molecular formula is C25H29N3O5. The summed E-state index contributed by atoms with van der Waals surface area (Å²) in [5.74, 6) is -0.808. The summed E-state index contributed by atoms with van der Waals surface area (Å²) in [6.07, 6.45) is 4.16. The molecule has 0 spiro atoms. The van der Waals surface area contributed by atoms with Crippen molar-refractivity contribution in [3.05, 3.63) is 65.5 Å². The summed E-state index contributed by atoms with van der Waals surface area (Å²) >= 11 is 0. The van der Waals surface area contributed by atoms with Crippen LogP contribution in [-0.2, 0) is 14.3 Å². The number of likely N-dealkylation sites (tertiary alicyclic amines) is 1. The van der Waals surface area contributed by atoms with Crippen LogP contribution in [0.1, 0.15) is 30.5 Å². The maximum atomic E-state index is 13.1. The van der Waals surface area contributed by atoms with Crippen molar-refractivity contribution in [2.45, 2.75) is 19.4 Å². The number of benzene rings is 1. The lowest BCUT2D eigenvalue weighted by Crippen LogP contribution is -2.42. The average molecular weight is 452 g/mol. The van der Waals surface area contributed by atoms with Gasteiger partial charge in [0.1, 0.15) is 11.5 Å². The third-order valence-corrected chi connectivity index (χ3v) is 5.90. The summed E-state index contributed by atoms with van der Waals surface area (Å²) in [5, 5.41) is 11.1. The van der Waals surface area contributed by atoms with E-state index in [1.165, 1.54) is 0 Å². The molecule has 33 heavy (non-hydrogen) atoms. The van der Waals surface area contributed by atoms with Crippen LogP contribution in [0.3, 0.4) is 0 Å². The topological polar surface area (TPSA) is 92.2 Å². The predicted octanol–water partition coefficient (Wildman–Crippen LogP) is 2.62. The Morgan fingerprint density at radius 3 is 2.58 bits per heavy atom. The van der Waals surface area contributed by atoms with Gasteiger partial charge in [-0.25, -0.2) is 0 Å². The SMILES string of the molecule is CCCOc1ccc(C(O)=C2C(=O)C(=O)N(CCN3CCOCC3)[C@H]2c2cccnc2)cc1. The molecule has 4 rings (SSSR count). The molecule has 1 aromatic heterocycles. The minimum atomic E-state index is -0.698. The Kier molecular flexibility index (Phi) is 7.36. The van der Waals surface area contributed by atoms with E-state index >= 15 is 0 Å². The summed E-state index contributed by atoms with van der Waals surface area (Å²) in [7, 11) is 0. The highest BCUT2D eigenvalue weighted by Gasteiger charge is 2.46. The Balaban J connectivity index is 1.66. The number of ether oxygens (including phenoxy) is 2. The zero-order valence-electron chi connectivity index (χ0n) is 18.8. The van der Waals surface area contributed by atoms with Gasteiger partial charge in [-0.2, -0.15) is 0 Å². The van der Waals surface area contributed by atoms with Crippen molar-refractivity contribution in [2.24, 2.45) is 0 Å². The van der Waals surface area contributed by atoms with Crippen LogP contribution in [-0.4, -0.2) is 77.6 Å². The molecule has 2 fully saturated rings. The van der Waals surface area contributed by atoms with Gasteiger partial charge in [0.2, 0.25) is 0 Å². The fraction of sp³-hybridized carbons (Fsp3) is 0.400. The maximum absolute atomic E-state index is 13.1. The minimum absolute atomic E-state index is 0.0807. The highest BCUT2D eigenvalue weighted by atomic mass is 16.5. The Bertz CT molecular complexity index is 1000. The van der Waals surface area contributed by atoms with Crippen LogP contribution in [0.5, 0.6) is 5.75 Å². The summed E-state index contributed by atoms with van der Waals surface area (Å²) < 4.78 is 11.0. The van der Waals surface area contributed by atoms with Crippen molar-refractivity contribution in [3.63, 3.8) is 0 Å². The van der Waals surface area contributed by atoms with Gasteiger partial charge < -0.3 is 19.5 Å². The van der Waals surface area contributed by atoms with Crippen molar-refractivity contribution >= 4 is 17.4 Å². The number of amides is 1. The number of carbonyl (C=O) groups excluding carboxylic acids is 2. The molecule has 1 N–H and O–H groups in total. The maximum Gasteiger partial charge on any atom is 0.295 e. The number of morpholine rings is 1. The Labute approximate surface area is 193 Å². The number of ketones is 1. The van der Waals surface area contributed by atoms with Gasteiger partial charge in [0.15, 0.2) is 0 Å². The van der Waals surface area contributed by atoms with Crippen molar-refractivity contribution in [2.75, 3.05) is 46.0 Å². The molecule has 3 heterocycles. The molecule has 0 saturated carbocycles. The molecule has 0 unspecified atom stereocenters. The van der Waals surface area contributed by atoms with E-state index in [4.69, 9.17) is 9.47 Å². The van der Waals surface area contributed by atoms with Crippen LogP contribution in [0.4, 0.5) is 0 Å². The summed E-state index contributed by atoms with van der Waals surface area (Å²) in [6.45, 7) is 6.49. The lowest BCUT2D eigenvalue weighted by molar-refractivity contribution is -0.140. The van der Waals surface area contributed by atoms with Crippen molar-refractivity contribution in [1.82, 2.24) is 14.8 Å². The van der Waals surface area contributed by atoms with Crippen molar-refractivity contribution < 1.29 is 24.2 Å². The van der Waals surface area contributed by atoms with Gasteiger partial charge in [0.25, 0.3) is 11.7 Å². The normalized spacial score (nSPS) is 20.9. The predicted molar refractivity (Wildman–Crippen MR) is 123 cm³/mol. The van der Waals surface area contributed by atoms with Gasteiger partial charge in [-0.05, 0) is 42.3 Å². The van der Waals surface area contributed by atoms with Gasteiger partial charge in [0, 0.05) is 44.1 Å².